The first-order chi connectivity index (χ1) is 5.52. The Kier molecular flexibility index (Phi) is 3.37. The Bertz CT molecular complexity index is 249. The molecule has 3 N–H and O–H groups in total. The molecule has 1 aromatic heterocycles. The minimum Gasteiger partial charge on any atom is -0.351 e. The monoisotopic (exact) mass is 294 g/mol. The molecule has 1 heterocycles. The van der Waals surface area contributed by atoms with E-state index < -0.39 is 0 Å². The summed E-state index contributed by atoms with van der Waals surface area (Å²) < 4.78 is 1.97. The van der Waals surface area contributed by atoms with Crippen LogP contribution in [0, 0.1) is 5.92 Å². The lowest BCUT2D eigenvalue weighted by Crippen LogP contribution is -2.16. The van der Waals surface area contributed by atoms with E-state index in [1.54, 1.807) is 0 Å². The number of aromatic amines is 1. The zero-order valence-corrected chi connectivity index (χ0v) is 10.2. The van der Waals surface area contributed by atoms with Gasteiger partial charge in [0.25, 0.3) is 0 Å². The van der Waals surface area contributed by atoms with Crippen molar-refractivity contribution in [2.24, 2.45) is 11.7 Å². The average molecular weight is 296 g/mol. The van der Waals surface area contributed by atoms with Gasteiger partial charge in [-0.2, -0.15) is 0 Å². The average Bonchev–Trinajstić information content (AvgIpc) is 2.30. The van der Waals surface area contributed by atoms with Gasteiger partial charge in [0.1, 0.15) is 0 Å². The Labute approximate surface area is 89.2 Å². The quantitative estimate of drug-likeness (QED) is 0.864. The second-order valence-corrected chi connectivity index (χ2v) is 4.80. The first-order valence-corrected chi connectivity index (χ1v) is 5.40. The maximum absolute atomic E-state index is 5.95. The van der Waals surface area contributed by atoms with Crippen LogP contribution in [0.4, 0.5) is 0 Å². The minimum atomic E-state index is 0.0765. The number of rotatable bonds is 2. The fraction of sp³-hybridized carbons (Fsp3) is 0.500. The van der Waals surface area contributed by atoms with E-state index in [-0.39, 0.29) is 6.04 Å². The molecular formula is C8H12Br2N2. The van der Waals surface area contributed by atoms with E-state index in [0.29, 0.717) is 5.92 Å². The maximum atomic E-state index is 5.95. The Morgan fingerprint density at radius 3 is 2.33 bits per heavy atom. The number of hydrogen-bond acceptors (Lipinski definition) is 1. The zero-order chi connectivity index (χ0) is 9.30. The molecule has 1 unspecified atom stereocenters. The van der Waals surface area contributed by atoms with Crippen molar-refractivity contribution in [1.29, 1.82) is 0 Å². The molecule has 0 spiro atoms. The Hall–Kier alpha value is 0.200. The standard InChI is InChI=1S/C8H12Br2N2/c1-4(2)7(11)6-3-5(9)8(10)12-6/h3-4,7,12H,11H2,1-2H3. The summed E-state index contributed by atoms with van der Waals surface area (Å²) in [4.78, 5) is 3.17. The van der Waals surface area contributed by atoms with Crippen LogP contribution in [0.5, 0.6) is 0 Å². The van der Waals surface area contributed by atoms with Crippen LogP contribution in [0.3, 0.4) is 0 Å². The molecule has 12 heavy (non-hydrogen) atoms. The van der Waals surface area contributed by atoms with E-state index in [1.165, 1.54) is 0 Å². The van der Waals surface area contributed by atoms with Gasteiger partial charge in [-0.05, 0) is 43.8 Å². The molecule has 0 bridgehead atoms. The highest BCUT2D eigenvalue weighted by atomic mass is 79.9. The number of nitrogens with one attached hydrogen (secondary N) is 1. The van der Waals surface area contributed by atoms with E-state index in [1.807, 2.05) is 6.07 Å². The van der Waals surface area contributed by atoms with Gasteiger partial charge in [0, 0.05) is 16.2 Å². The molecule has 1 aromatic rings. The highest BCUT2D eigenvalue weighted by molar-refractivity contribution is 9.13. The second kappa shape index (κ2) is 3.94. The molecule has 0 amide bonds. The van der Waals surface area contributed by atoms with Gasteiger partial charge in [0.15, 0.2) is 0 Å². The van der Waals surface area contributed by atoms with Crippen molar-refractivity contribution < 1.29 is 0 Å². The number of aromatic nitrogens is 1. The van der Waals surface area contributed by atoms with Crippen molar-refractivity contribution in [3.63, 3.8) is 0 Å². The molecule has 0 aliphatic rings. The first-order valence-electron chi connectivity index (χ1n) is 3.82. The molecule has 0 aliphatic carbocycles. The van der Waals surface area contributed by atoms with Crippen LogP contribution in [0.25, 0.3) is 0 Å². The molecule has 0 fully saturated rings. The van der Waals surface area contributed by atoms with Crippen molar-refractivity contribution in [2.45, 2.75) is 19.9 Å². The molecule has 4 heteroatoms. The van der Waals surface area contributed by atoms with Gasteiger partial charge in [0.05, 0.1) is 4.60 Å². The fourth-order valence-electron chi connectivity index (χ4n) is 0.961. The normalized spacial score (nSPS) is 13.8. The smallest absolute Gasteiger partial charge is 0.0966 e. The summed E-state index contributed by atoms with van der Waals surface area (Å²) in [5, 5.41) is 0. The van der Waals surface area contributed by atoms with E-state index in [9.17, 15) is 0 Å². The fourth-order valence-corrected chi connectivity index (χ4v) is 1.65. The Morgan fingerprint density at radius 1 is 1.42 bits per heavy atom. The molecule has 0 saturated heterocycles. The van der Waals surface area contributed by atoms with Crippen molar-refractivity contribution >= 4 is 31.9 Å². The Morgan fingerprint density at radius 2 is 2.00 bits per heavy atom. The maximum Gasteiger partial charge on any atom is 0.0966 e. The SMILES string of the molecule is CC(C)C(N)c1cc(Br)c(Br)[nH]1. The summed E-state index contributed by atoms with van der Waals surface area (Å²) >= 11 is 6.78. The van der Waals surface area contributed by atoms with E-state index in [4.69, 9.17) is 5.73 Å². The number of halogens is 2. The number of hydrogen-bond donors (Lipinski definition) is 2. The van der Waals surface area contributed by atoms with Crippen molar-refractivity contribution in [3.05, 3.63) is 20.8 Å². The summed E-state index contributed by atoms with van der Waals surface area (Å²) in [6.45, 7) is 4.21. The molecule has 0 aromatic carbocycles. The number of H-pyrrole nitrogens is 1. The van der Waals surface area contributed by atoms with Gasteiger partial charge in [0.2, 0.25) is 0 Å². The lowest BCUT2D eigenvalue weighted by atomic mass is 10.0. The van der Waals surface area contributed by atoms with E-state index >= 15 is 0 Å². The summed E-state index contributed by atoms with van der Waals surface area (Å²) in [7, 11) is 0. The molecule has 1 atom stereocenters. The van der Waals surface area contributed by atoms with Crippen molar-refractivity contribution in [1.82, 2.24) is 4.98 Å². The molecule has 0 radical (unpaired) electrons. The summed E-state index contributed by atoms with van der Waals surface area (Å²) in [6.07, 6.45) is 0. The lowest BCUT2D eigenvalue weighted by Gasteiger charge is -2.13. The van der Waals surface area contributed by atoms with Crippen LogP contribution >= 0.6 is 31.9 Å². The highest BCUT2D eigenvalue weighted by Gasteiger charge is 2.13. The minimum absolute atomic E-state index is 0.0765. The molecule has 0 aliphatic heterocycles. The molecule has 2 nitrogen and oxygen atoms in total. The molecule has 68 valence electrons. The first kappa shape index (κ1) is 10.3. The third kappa shape index (κ3) is 2.12. The van der Waals surface area contributed by atoms with Crippen LogP contribution in [0.15, 0.2) is 15.1 Å². The zero-order valence-electron chi connectivity index (χ0n) is 7.07. The van der Waals surface area contributed by atoms with Crippen LogP contribution in [-0.2, 0) is 0 Å². The van der Waals surface area contributed by atoms with Gasteiger partial charge in [-0.3, -0.25) is 0 Å². The lowest BCUT2D eigenvalue weighted by molar-refractivity contribution is 0.504. The van der Waals surface area contributed by atoms with Crippen LogP contribution in [0.1, 0.15) is 25.6 Å². The number of nitrogens with two attached hydrogens (primary N) is 1. The third-order valence-corrected chi connectivity index (χ3v) is 3.61. The summed E-state index contributed by atoms with van der Waals surface area (Å²) in [6, 6.07) is 2.09. The van der Waals surface area contributed by atoms with Crippen molar-refractivity contribution in [3.8, 4) is 0 Å². The largest absolute Gasteiger partial charge is 0.351 e. The summed E-state index contributed by atoms with van der Waals surface area (Å²) in [5.41, 5.74) is 7.01. The van der Waals surface area contributed by atoms with Crippen molar-refractivity contribution in [2.75, 3.05) is 0 Å². The highest BCUT2D eigenvalue weighted by Crippen LogP contribution is 2.27. The Balaban J connectivity index is 2.89. The van der Waals surface area contributed by atoms with Gasteiger partial charge >= 0.3 is 0 Å². The van der Waals surface area contributed by atoms with Gasteiger partial charge in [-0.15, -0.1) is 0 Å². The third-order valence-electron chi connectivity index (χ3n) is 1.82. The summed E-state index contributed by atoms with van der Waals surface area (Å²) in [5.74, 6) is 0.447. The predicted molar refractivity (Wildman–Crippen MR) is 58.0 cm³/mol. The van der Waals surface area contributed by atoms with Gasteiger partial charge in [-0.25, -0.2) is 0 Å². The molecular weight excluding hydrogens is 284 g/mol. The van der Waals surface area contributed by atoms with Gasteiger partial charge in [-0.1, -0.05) is 13.8 Å². The molecule has 1 rings (SSSR count). The van der Waals surface area contributed by atoms with Crippen LogP contribution in [0.2, 0.25) is 0 Å². The van der Waals surface area contributed by atoms with Crippen LogP contribution < -0.4 is 5.73 Å². The topological polar surface area (TPSA) is 41.8 Å². The predicted octanol–water partition coefficient (Wildman–Crippen LogP) is 3.20. The van der Waals surface area contributed by atoms with E-state index in [2.05, 4.69) is 50.7 Å². The van der Waals surface area contributed by atoms with Gasteiger partial charge < -0.3 is 10.7 Å². The van der Waals surface area contributed by atoms with Crippen LogP contribution in [-0.4, -0.2) is 4.98 Å². The second-order valence-electron chi connectivity index (χ2n) is 3.16. The van der Waals surface area contributed by atoms with E-state index in [0.717, 1.165) is 14.8 Å². The molecule has 0 saturated carbocycles.